The zero-order chi connectivity index (χ0) is 18.2. The van der Waals surface area contributed by atoms with Crippen LogP contribution in [0.25, 0.3) is 0 Å². The lowest BCUT2D eigenvalue weighted by molar-refractivity contribution is -0.385. The molecule has 1 heterocycles. The normalized spacial score (nSPS) is 14.7. The molecule has 134 valence electrons. The number of hydrogen-bond donors (Lipinski definition) is 0. The molecule has 1 aliphatic rings. The fourth-order valence-electron chi connectivity index (χ4n) is 2.76. The van der Waals surface area contributed by atoms with Gasteiger partial charge in [-0.3, -0.25) is 19.8 Å². The highest BCUT2D eigenvalue weighted by molar-refractivity contribution is 5.94. The molecule has 8 heteroatoms. The molecule has 0 aliphatic carbocycles. The highest BCUT2D eigenvalue weighted by atomic mass is 16.6. The molecule has 1 amide bonds. The van der Waals surface area contributed by atoms with Gasteiger partial charge in [-0.2, -0.15) is 5.26 Å². The van der Waals surface area contributed by atoms with E-state index in [1.807, 2.05) is 0 Å². The van der Waals surface area contributed by atoms with E-state index in [9.17, 15) is 14.9 Å². The van der Waals surface area contributed by atoms with Crippen LogP contribution in [-0.2, 0) is 4.74 Å². The number of carbonyl (C=O) groups is 1. The number of nitro benzene ring substituents is 1. The van der Waals surface area contributed by atoms with Gasteiger partial charge in [0.2, 0.25) is 0 Å². The number of rotatable bonds is 7. The van der Waals surface area contributed by atoms with Crippen LogP contribution >= 0.6 is 0 Å². The van der Waals surface area contributed by atoms with Crippen LogP contribution in [0.4, 0.5) is 5.69 Å². The van der Waals surface area contributed by atoms with E-state index in [0.29, 0.717) is 44.0 Å². The van der Waals surface area contributed by atoms with Gasteiger partial charge in [-0.25, -0.2) is 0 Å². The smallest absolute Gasteiger partial charge is 0.272 e. The molecule has 0 radical (unpaired) electrons. The van der Waals surface area contributed by atoms with Crippen molar-refractivity contribution in [2.24, 2.45) is 0 Å². The minimum Gasteiger partial charge on any atom is -0.379 e. The molecular weight excluding hydrogens is 324 g/mol. The Morgan fingerprint density at radius 3 is 2.72 bits per heavy atom. The van der Waals surface area contributed by atoms with E-state index in [-0.39, 0.29) is 18.0 Å². The second-order valence-corrected chi connectivity index (χ2v) is 5.91. The maximum atomic E-state index is 12.8. The number of nitrogens with zero attached hydrogens (tertiary/aromatic N) is 4. The van der Waals surface area contributed by atoms with Crippen LogP contribution in [0.3, 0.4) is 0 Å². The van der Waals surface area contributed by atoms with Crippen LogP contribution < -0.4 is 0 Å². The van der Waals surface area contributed by atoms with Crippen molar-refractivity contribution in [3.63, 3.8) is 0 Å². The van der Waals surface area contributed by atoms with E-state index >= 15 is 0 Å². The lowest BCUT2D eigenvalue weighted by Gasteiger charge is -2.30. The quantitative estimate of drug-likeness (QED) is 0.549. The number of ether oxygens (including phenoxy) is 1. The van der Waals surface area contributed by atoms with Crippen LogP contribution in [-0.4, -0.2) is 66.6 Å². The summed E-state index contributed by atoms with van der Waals surface area (Å²) in [5.74, 6) is -0.207. The van der Waals surface area contributed by atoms with E-state index in [4.69, 9.17) is 10.00 Å². The molecule has 0 saturated carbocycles. The summed E-state index contributed by atoms with van der Waals surface area (Å²) < 4.78 is 5.31. The third kappa shape index (κ3) is 5.24. The summed E-state index contributed by atoms with van der Waals surface area (Å²) >= 11 is 0. The summed E-state index contributed by atoms with van der Waals surface area (Å²) in [7, 11) is 0. The number of benzene rings is 1. The summed E-state index contributed by atoms with van der Waals surface area (Å²) in [4.78, 5) is 27.1. The second kappa shape index (κ2) is 9.11. The van der Waals surface area contributed by atoms with Gasteiger partial charge in [0.25, 0.3) is 11.6 Å². The van der Waals surface area contributed by atoms with Gasteiger partial charge in [0.05, 0.1) is 30.6 Å². The Labute approximate surface area is 146 Å². The van der Waals surface area contributed by atoms with Crippen molar-refractivity contribution in [3.8, 4) is 6.07 Å². The van der Waals surface area contributed by atoms with Gasteiger partial charge >= 0.3 is 0 Å². The third-order valence-corrected chi connectivity index (χ3v) is 4.21. The fourth-order valence-corrected chi connectivity index (χ4v) is 2.76. The molecule has 8 nitrogen and oxygen atoms in total. The SMILES string of the molecule is Cc1cc(C(=O)N(CCC#N)CCN2CCOCC2)ccc1[N+](=O)[O-]. The summed E-state index contributed by atoms with van der Waals surface area (Å²) in [6, 6.07) is 6.43. The summed E-state index contributed by atoms with van der Waals surface area (Å²) in [6.45, 7) is 6.22. The van der Waals surface area contributed by atoms with Crippen molar-refractivity contribution in [1.29, 1.82) is 5.26 Å². The van der Waals surface area contributed by atoms with Gasteiger partial charge < -0.3 is 9.64 Å². The number of amides is 1. The first-order chi connectivity index (χ1) is 12.0. The standard InChI is InChI=1S/C17H22N4O4/c1-14-13-15(3-4-16(14)21(23)24)17(22)20(6-2-5-18)8-7-19-9-11-25-12-10-19/h3-4,13H,2,6-12H2,1H3. The maximum absolute atomic E-state index is 12.8. The van der Waals surface area contributed by atoms with E-state index in [2.05, 4.69) is 11.0 Å². The molecule has 0 unspecified atom stereocenters. The van der Waals surface area contributed by atoms with Gasteiger partial charge in [-0.15, -0.1) is 0 Å². The minimum absolute atomic E-state index is 0.00607. The van der Waals surface area contributed by atoms with E-state index < -0.39 is 4.92 Å². The largest absolute Gasteiger partial charge is 0.379 e. The average Bonchev–Trinajstić information content (AvgIpc) is 2.61. The van der Waals surface area contributed by atoms with Gasteiger partial charge in [0.15, 0.2) is 0 Å². The molecule has 0 bridgehead atoms. The Balaban J connectivity index is 2.07. The first-order valence-corrected chi connectivity index (χ1v) is 8.24. The van der Waals surface area contributed by atoms with E-state index in [1.165, 1.54) is 18.2 Å². The average molecular weight is 346 g/mol. The summed E-state index contributed by atoms with van der Waals surface area (Å²) in [5, 5.41) is 19.8. The van der Waals surface area contributed by atoms with Crippen molar-refractivity contribution >= 4 is 11.6 Å². The number of nitriles is 1. The molecule has 1 aliphatic heterocycles. The monoisotopic (exact) mass is 346 g/mol. The summed E-state index contributed by atoms with van der Waals surface area (Å²) in [5.41, 5.74) is 0.848. The van der Waals surface area contributed by atoms with E-state index in [1.54, 1.807) is 11.8 Å². The zero-order valence-electron chi connectivity index (χ0n) is 14.3. The Morgan fingerprint density at radius 1 is 1.40 bits per heavy atom. The van der Waals surface area contributed by atoms with Crippen LogP contribution in [0.1, 0.15) is 22.3 Å². The Kier molecular flexibility index (Phi) is 6.86. The lowest BCUT2D eigenvalue weighted by atomic mass is 10.1. The van der Waals surface area contributed by atoms with Crippen molar-refractivity contribution < 1.29 is 14.5 Å². The molecule has 1 fully saturated rings. The molecule has 1 aromatic carbocycles. The van der Waals surface area contributed by atoms with E-state index in [0.717, 1.165) is 13.1 Å². The van der Waals surface area contributed by atoms with Gasteiger partial charge in [-0.1, -0.05) is 0 Å². The number of morpholine rings is 1. The second-order valence-electron chi connectivity index (χ2n) is 5.91. The molecule has 1 aromatic rings. The van der Waals surface area contributed by atoms with Crippen molar-refractivity contribution in [2.75, 3.05) is 45.9 Å². The fraction of sp³-hybridized carbons (Fsp3) is 0.529. The number of carbonyl (C=O) groups excluding carboxylic acids is 1. The van der Waals surface area contributed by atoms with Gasteiger partial charge in [-0.05, 0) is 19.1 Å². The highest BCUT2D eigenvalue weighted by Crippen LogP contribution is 2.20. The van der Waals surface area contributed by atoms with Crippen molar-refractivity contribution in [1.82, 2.24) is 9.80 Å². The first kappa shape index (κ1) is 18.8. The number of hydrogen-bond acceptors (Lipinski definition) is 6. The molecule has 25 heavy (non-hydrogen) atoms. The lowest BCUT2D eigenvalue weighted by Crippen LogP contribution is -2.43. The van der Waals surface area contributed by atoms with Crippen molar-refractivity contribution in [3.05, 3.63) is 39.4 Å². The van der Waals surface area contributed by atoms with Crippen LogP contribution in [0.2, 0.25) is 0 Å². The molecule has 1 saturated heterocycles. The topological polar surface area (TPSA) is 99.7 Å². The number of nitro groups is 1. The Hall–Kier alpha value is -2.50. The predicted molar refractivity (Wildman–Crippen MR) is 91.2 cm³/mol. The molecule has 0 spiro atoms. The number of aryl methyl sites for hydroxylation is 1. The molecule has 0 aromatic heterocycles. The Bertz CT molecular complexity index is 665. The third-order valence-electron chi connectivity index (χ3n) is 4.21. The van der Waals surface area contributed by atoms with Crippen molar-refractivity contribution in [2.45, 2.75) is 13.3 Å². The minimum atomic E-state index is -0.463. The van der Waals surface area contributed by atoms with Crippen LogP contribution in [0.15, 0.2) is 18.2 Å². The maximum Gasteiger partial charge on any atom is 0.272 e. The molecular formula is C17H22N4O4. The predicted octanol–water partition coefficient (Wildman–Crippen LogP) is 1.59. The molecule has 0 atom stereocenters. The first-order valence-electron chi connectivity index (χ1n) is 8.24. The van der Waals surface area contributed by atoms with Gasteiger partial charge in [0, 0.05) is 49.9 Å². The highest BCUT2D eigenvalue weighted by Gasteiger charge is 2.20. The molecule has 0 N–H and O–H groups in total. The van der Waals surface area contributed by atoms with Crippen LogP contribution in [0, 0.1) is 28.4 Å². The van der Waals surface area contributed by atoms with Crippen LogP contribution in [0.5, 0.6) is 0 Å². The zero-order valence-corrected chi connectivity index (χ0v) is 14.3. The Morgan fingerprint density at radius 2 is 2.12 bits per heavy atom. The summed E-state index contributed by atoms with van der Waals surface area (Å²) in [6.07, 6.45) is 0.251. The molecule has 2 rings (SSSR count). The van der Waals surface area contributed by atoms with Gasteiger partial charge in [0.1, 0.15) is 0 Å².